The van der Waals surface area contributed by atoms with Gasteiger partial charge in [-0.25, -0.2) is 0 Å². The van der Waals surface area contributed by atoms with Crippen molar-refractivity contribution in [3.05, 3.63) is 265 Å². The lowest BCUT2D eigenvalue weighted by atomic mass is 9.70. The molecule has 3 nitrogen and oxygen atoms in total. The van der Waals surface area contributed by atoms with Gasteiger partial charge < -0.3 is 13.9 Å². The maximum absolute atomic E-state index is 6.53. The fraction of sp³-hybridized carbons (Fsp3) is 0.0141. The van der Waals surface area contributed by atoms with Crippen LogP contribution in [0.15, 0.2) is 247 Å². The molecule has 346 valence electrons. The van der Waals surface area contributed by atoms with Gasteiger partial charge in [-0.05, 0) is 128 Å². The summed E-state index contributed by atoms with van der Waals surface area (Å²) in [6, 6.07) is 90.9. The molecule has 1 spiro atoms. The highest BCUT2D eigenvalue weighted by Crippen LogP contribution is 2.66. The maximum atomic E-state index is 6.53. The lowest BCUT2D eigenvalue weighted by Gasteiger charge is -2.31. The highest BCUT2D eigenvalue weighted by atomic mass is 32.1. The van der Waals surface area contributed by atoms with Gasteiger partial charge in [-0.1, -0.05) is 176 Å². The summed E-state index contributed by atoms with van der Waals surface area (Å²) >= 11 is 1.85. The van der Waals surface area contributed by atoms with Crippen LogP contribution in [-0.2, 0) is 5.41 Å². The average molecular weight is 969 g/mol. The molecule has 0 atom stereocenters. The monoisotopic (exact) mass is 968 g/mol. The predicted molar refractivity (Wildman–Crippen MR) is 314 cm³/mol. The largest absolute Gasteiger partial charge is 0.456 e. The second-order valence-corrected chi connectivity index (χ2v) is 21.7. The number of hydrogen-bond acceptors (Lipinski definition) is 3. The lowest BCUT2D eigenvalue weighted by Crippen LogP contribution is -2.25. The van der Waals surface area contributed by atoms with Crippen LogP contribution in [0.25, 0.3) is 125 Å². The van der Waals surface area contributed by atoms with Crippen molar-refractivity contribution in [1.82, 2.24) is 4.57 Å². The molecule has 15 aromatic rings. The Hall–Kier alpha value is -9.48. The molecule has 75 heavy (non-hydrogen) atoms. The molecule has 0 saturated heterocycles. The molecule has 0 fully saturated rings. The van der Waals surface area contributed by atoms with E-state index in [1.165, 1.54) is 125 Å². The van der Waals surface area contributed by atoms with Crippen LogP contribution in [0.1, 0.15) is 22.3 Å². The maximum Gasteiger partial charge on any atom is 0.137 e. The number of anilines is 3. The molecular formula is C71H40N2OS. The second kappa shape index (κ2) is 14.4. The fourth-order valence-corrected chi connectivity index (χ4v) is 15.2. The predicted octanol–water partition coefficient (Wildman–Crippen LogP) is 19.7. The molecule has 12 aromatic carbocycles. The Kier molecular flexibility index (Phi) is 7.68. The van der Waals surface area contributed by atoms with E-state index in [0.717, 1.165) is 39.0 Å². The Balaban J connectivity index is 0.851. The summed E-state index contributed by atoms with van der Waals surface area (Å²) < 4.78 is 11.7. The van der Waals surface area contributed by atoms with E-state index < -0.39 is 5.41 Å². The quantitative estimate of drug-likeness (QED) is 0.175. The van der Waals surface area contributed by atoms with Gasteiger partial charge in [-0.3, -0.25) is 0 Å². The molecule has 18 rings (SSSR count). The zero-order chi connectivity index (χ0) is 48.7. The fourth-order valence-electron chi connectivity index (χ4n) is 14.2. The van der Waals surface area contributed by atoms with Crippen LogP contribution in [0.5, 0.6) is 0 Å². The van der Waals surface area contributed by atoms with Crippen molar-refractivity contribution in [3.8, 4) is 50.2 Å². The number of furan rings is 1. The van der Waals surface area contributed by atoms with Crippen molar-refractivity contribution in [1.29, 1.82) is 0 Å². The Morgan fingerprint density at radius 1 is 0.387 bits per heavy atom. The van der Waals surface area contributed by atoms with Gasteiger partial charge >= 0.3 is 0 Å². The molecule has 0 saturated carbocycles. The number of benzene rings is 12. The standard InChI is InChI=1S/C71H40N2OS/c1-6-21-55-46(15-1)47-16-2-7-22-56(47)71(55)57-23-12-20-51-49-34-31-42(39-62(49)73-60-24-8-3-17-48(60)52-35-36-58(71)69(67(51)57)70(52)73)41-30-33-45-43(38-41)14-11-25-59(45)72(44-32-37-66-54(40-44)50-18-5-10-29-65(50)75-66)61-26-13-28-64-68(61)53-19-4-9-27-63(53)74-64/h1-40H. The van der Waals surface area contributed by atoms with Crippen LogP contribution in [0.3, 0.4) is 0 Å². The minimum absolute atomic E-state index is 0.426. The van der Waals surface area contributed by atoms with Gasteiger partial charge in [-0.15, -0.1) is 11.3 Å². The number of fused-ring (bicyclic) bond motifs is 20. The Morgan fingerprint density at radius 2 is 1.04 bits per heavy atom. The van der Waals surface area contributed by atoms with Crippen molar-refractivity contribution in [2.24, 2.45) is 0 Å². The second-order valence-electron chi connectivity index (χ2n) is 20.6. The number of thiophene rings is 1. The van der Waals surface area contributed by atoms with Gasteiger partial charge in [0.1, 0.15) is 11.2 Å². The lowest BCUT2D eigenvalue weighted by molar-refractivity contribution is 0.669. The van der Waals surface area contributed by atoms with E-state index in [1.54, 1.807) is 0 Å². The summed E-state index contributed by atoms with van der Waals surface area (Å²) in [6.07, 6.45) is 0. The molecule has 3 aromatic heterocycles. The van der Waals surface area contributed by atoms with Crippen molar-refractivity contribution in [2.45, 2.75) is 5.41 Å². The molecule has 2 aliphatic carbocycles. The minimum atomic E-state index is -0.426. The van der Waals surface area contributed by atoms with Crippen molar-refractivity contribution >= 4 is 103 Å². The van der Waals surface area contributed by atoms with Crippen molar-refractivity contribution in [3.63, 3.8) is 0 Å². The zero-order valence-electron chi connectivity index (χ0n) is 40.3. The number of rotatable bonds is 4. The Labute approximate surface area is 435 Å². The van der Waals surface area contributed by atoms with E-state index in [9.17, 15) is 0 Å². The van der Waals surface area contributed by atoms with E-state index in [-0.39, 0.29) is 0 Å². The Bertz CT molecular complexity index is 5000. The van der Waals surface area contributed by atoms with E-state index in [2.05, 4.69) is 252 Å². The van der Waals surface area contributed by atoms with Crippen LogP contribution in [0, 0.1) is 0 Å². The molecular weight excluding hydrogens is 929 g/mol. The van der Waals surface area contributed by atoms with Crippen molar-refractivity contribution in [2.75, 3.05) is 4.90 Å². The van der Waals surface area contributed by atoms with E-state index in [1.807, 2.05) is 11.3 Å². The van der Waals surface area contributed by atoms with Gasteiger partial charge in [0.15, 0.2) is 0 Å². The minimum Gasteiger partial charge on any atom is -0.456 e. The first-order valence-electron chi connectivity index (χ1n) is 25.9. The normalized spacial score (nSPS) is 13.4. The molecule has 4 heterocycles. The first-order valence-corrected chi connectivity index (χ1v) is 26.7. The summed E-state index contributed by atoms with van der Waals surface area (Å²) in [5.74, 6) is 0. The smallest absolute Gasteiger partial charge is 0.137 e. The molecule has 1 aliphatic heterocycles. The number of nitrogens with zero attached hydrogens (tertiary/aromatic N) is 2. The Morgan fingerprint density at radius 3 is 1.93 bits per heavy atom. The third-order valence-corrected chi connectivity index (χ3v) is 18.3. The molecule has 0 radical (unpaired) electrons. The van der Waals surface area contributed by atoms with Crippen LogP contribution >= 0.6 is 11.3 Å². The SMILES string of the molecule is c1ccc2c(c1)-c1ccccc1C21c2cccc3c2-c2c1ccc1c4ccccc4n(c21)-c1cc(-c2ccc4c(N(c5ccc6sc7ccccc7c6c5)c5cccc6oc7ccccc7c56)cccc4c2)ccc1-3. The molecule has 0 N–H and O–H groups in total. The average Bonchev–Trinajstić information content (AvgIpc) is 4.32. The highest BCUT2D eigenvalue weighted by molar-refractivity contribution is 7.25. The molecule has 0 amide bonds. The van der Waals surface area contributed by atoms with Crippen LogP contribution in [-0.4, -0.2) is 4.57 Å². The first-order chi connectivity index (χ1) is 37.2. The van der Waals surface area contributed by atoms with Crippen LogP contribution < -0.4 is 4.90 Å². The highest BCUT2D eigenvalue weighted by Gasteiger charge is 2.53. The number of para-hydroxylation sites is 2. The topological polar surface area (TPSA) is 21.3 Å². The van der Waals surface area contributed by atoms with Crippen LogP contribution in [0.2, 0.25) is 0 Å². The number of hydrogen-bond donors (Lipinski definition) is 0. The summed E-state index contributed by atoms with van der Waals surface area (Å²) in [5, 5.41) is 9.65. The van der Waals surface area contributed by atoms with Gasteiger partial charge in [0.25, 0.3) is 0 Å². The number of aromatic nitrogens is 1. The van der Waals surface area contributed by atoms with E-state index in [0.29, 0.717) is 0 Å². The van der Waals surface area contributed by atoms with Gasteiger partial charge in [-0.2, -0.15) is 0 Å². The molecule has 0 unspecified atom stereocenters. The molecule has 0 bridgehead atoms. The summed E-state index contributed by atoms with van der Waals surface area (Å²) in [5.41, 5.74) is 24.0. The summed E-state index contributed by atoms with van der Waals surface area (Å²) in [6.45, 7) is 0. The first kappa shape index (κ1) is 40.1. The third-order valence-electron chi connectivity index (χ3n) is 17.1. The van der Waals surface area contributed by atoms with E-state index >= 15 is 0 Å². The van der Waals surface area contributed by atoms with Gasteiger partial charge in [0.05, 0.1) is 38.9 Å². The molecule has 3 aliphatic rings. The summed E-state index contributed by atoms with van der Waals surface area (Å²) in [4.78, 5) is 2.46. The zero-order valence-corrected chi connectivity index (χ0v) is 41.1. The van der Waals surface area contributed by atoms with Crippen molar-refractivity contribution < 1.29 is 4.42 Å². The van der Waals surface area contributed by atoms with E-state index in [4.69, 9.17) is 4.42 Å². The van der Waals surface area contributed by atoms with Crippen LogP contribution in [0.4, 0.5) is 17.1 Å². The van der Waals surface area contributed by atoms with Gasteiger partial charge in [0.2, 0.25) is 0 Å². The third kappa shape index (κ3) is 5.05. The molecule has 4 heteroatoms. The summed E-state index contributed by atoms with van der Waals surface area (Å²) in [7, 11) is 0. The van der Waals surface area contributed by atoms with Gasteiger partial charge in [0, 0.05) is 58.5 Å².